The molecule has 1 rings (SSSR count). The topological polar surface area (TPSA) is 26.0 Å². The Labute approximate surface area is 87.3 Å². The molecule has 14 heavy (non-hydrogen) atoms. The lowest BCUT2D eigenvalue weighted by Crippen LogP contribution is -2.18. The van der Waals surface area contributed by atoms with Crippen molar-refractivity contribution in [1.82, 2.24) is 0 Å². The Kier molecular flexibility index (Phi) is 4.15. The molecule has 1 heteroatoms. The second-order valence-electron chi connectivity index (χ2n) is 4.14. The van der Waals surface area contributed by atoms with E-state index < -0.39 is 0 Å². The smallest absolute Gasteiger partial charge is 0.00457 e. The maximum absolute atomic E-state index is 5.72. The monoisotopic (exact) mass is 191 g/mol. The first-order valence-corrected chi connectivity index (χ1v) is 5.45. The summed E-state index contributed by atoms with van der Waals surface area (Å²) in [5.41, 5.74) is 8.47. The van der Waals surface area contributed by atoms with Gasteiger partial charge in [0.1, 0.15) is 0 Å². The molecule has 0 radical (unpaired) electrons. The summed E-state index contributed by atoms with van der Waals surface area (Å²) in [5.74, 6) is 1.18. The molecular weight excluding hydrogens is 170 g/mol. The van der Waals surface area contributed by atoms with Gasteiger partial charge in [-0.15, -0.1) is 0 Å². The molecule has 0 fully saturated rings. The van der Waals surface area contributed by atoms with Crippen molar-refractivity contribution in [3.05, 3.63) is 35.4 Å². The van der Waals surface area contributed by atoms with Gasteiger partial charge in [0.05, 0.1) is 0 Å². The lowest BCUT2D eigenvalue weighted by atomic mass is 9.85. The van der Waals surface area contributed by atoms with Gasteiger partial charge in [-0.25, -0.2) is 0 Å². The Bertz CT molecular complexity index is 263. The lowest BCUT2D eigenvalue weighted by Gasteiger charge is -2.21. The van der Waals surface area contributed by atoms with E-state index in [9.17, 15) is 0 Å². The Balaban J connectivity index is 2.84. The molecule has 2 atom stereocenters. The quantitative estimate of drug-likeness (QED) is 0.777. The summed E-state index contributed by atoms with van der Waals surface area (Å²) in [6.07, 6.45) is 1.17. The second kappa shape index (κ2) is 5.16. The van der Waals surface area contributed by atoms with Crippen molar-refractivity contribution in [2.45, 2.75) is 33.1 Å². The summed E-state index contributed by atoms with van der Waals surface area (Å²) in [6, 6.07) is 8.83. The Morgan fingerprint density at radius 1 is 1.21 bits per heavy atom. The van der Waals surface area contributed by atoms with Gasteiger partial charge in [-0.05, 0) is 37.3 Å². The van der Waals surface area contributed by atoms with Crippen LogP contribution in [0, 0.1) is 12.8 Å². The van der Waals surface area contributed by atoms with Gasteiger partial charge in [-0.2, -0.15) is 0 Å². The highest BCUT2D eigenvalue weighted by Crippen LogP contribution is 2.27. The van der Waals surface area contributed by atoms with E-state index in [4.69, 9.17) is 5.73 Å². The summed E-state index contributed by atoms with van der Waals surface area (Å²) in [5, 5.41) is 0. The maximum Gasteiger partial charge on any atom is -0.00457 e. The van der Waals surface area contributed by atoms with Crippen molar-refractivity contribution in [1.29, 1.82) is 0 Å². The Morgan fingerprint density at radius 2 is 1.79 bits per heavy atom. The summed E-state index contributed by atoms with van der Waals surface area (Å²) in [4.78, 5) is 0. The van der Waals surface area contributed by atoms with E-state index in [0.29, 0.717) is 11.8 Å². The molecule has 0 spiro atoms. The first-order valence-electron chi connectivity index (χ1n) is 5.45. The third kappa shape index (κ3) is 2.58. The Hall–Kier alpha value is -0.820. The number of rotatable bonds is 4. The van der Waals surface area contributed by atoms with Crippen LogP contribution in [0.15, 0.2) is 24.3 Å². The summed E-state index contributed by atoms with van der Waals surface area (Å²) >= 11 is 0. The summed E-state index contributed by atoms with van der Waals surface area (Å²) < 4.78 is 0. The van der Waals surface area contributed by atoms with Crippen LogP contribution in [0.5, 0.6) is 0 Å². The van der Waals surface area contributed by atoms with Crippen molar-refractivity contribution in [3.8, 4) is 0 Å². The van der Waals surface area contributed by atoms with Crippen molar-refractivity contribution in [2.24, 2.45) is 11.7 Å². The largest absolute Gasteiger partial charge is 0.330 e. The molecule has 2 unspecified atom stereocenters. The predicted molar refractivity (Wildman–Crippen MR) is 62.4 cm³/mol. The number of benzene rings is 1. The molecule has 1 nitrogen and oxygen atoms in total. The zero-order valence-corrected chi connectivity index (χ0v) is 9.46. The first-order chi connectivity index (χ1) is 6.69. The van der Waals surface area contributed by atoms with Gasteiger partial charge in [0.15, 0.2) is 0 Å². The van der Waals surface area contributed by atoms with Gasteiger partial charge in [-0.3, -0.25) is 0 Å². The van der Waals surface area contributed by atoms with Gasteiger partial charge in [0.25, 0.3) is 0 Å². The molecule has 0 aromatic heterocycles. The fourth-order valence-electron chi connectivity index (χ4n) is 1.94. The van der Waals surface area contributed by atoms with Crippen LogP contribution in [-0.4, -0.2) is 6.54 Å². The third-order valence-corrected chi connectivity index (χ3v) is 3.00. The highest BCUT2D eigenvalue weighted by Gasteiger charge is 2.15. The van der Waals surface area contributed by atoms with Crippen LogP contribution in [0.3, 0.4) is 0 Å². The van der Waals surface area contributed by atoms with Crippen LogP contribution in [0.25, 0.3) is 0 Å². The summed E-state index contributed by atoms with van der Waals surface area (Å²) in [6.45, 7) is 7.36. The minimum absolute atomic E-state index is 0.572. The fraction of sp³-hybridized carbons (Fsp3) is 0.538. The second-order valence-corrected chi connectivity index (χ2v) is 4.14. The third-order valence-electron chi connectivity index (χ3n) is 3.00. The highest BCUT2D eigenvalue weighted by molar-refractivity contribution is 5.24. The molecule has 0 aliphatic heterocycles. The van der Waals surface area contributed by atoms with Gasteiger partial charge in [0.2, 0.25) is 0 Å². The molecule has 78 valence electrons. The van der Waals surface area contributed by atoms with E-state index in [0.717, 1.165) is 6.54 Å². The van der Waals surface area contributed by atoms with Crippen molar-refractivity contribution < 1.29 is 0 Å². The van der Waals surface area contributed by atoms with Gasteiger partial charge < -0.3 is 5.73 Å². The normalized spacial score (nSPS) is 15.1. The van der Waals surface area contributed by atoms with Crippen LogP contribution in [-0.2, 0) is 0 Å². The van der Waals surface area contributed by atoms with E-state index in [-0.39, 0.29) is 0 Å². The standard InChI is InChI=1S/C13H21N/c1-4-13(11(3)9-14)12-7-5-10(2)6-8-12/h5-8,11,13H,4,9,14H2,1-3H3. The molecule has 2 N–H and O–H groups in total. The van der Waals surface area contributed by atoms with Crippen LogP contribution in [0.1, 0.15) is 37.3 Å². The van der Waals surface area contributed by atoms with E-state index >= 15 is 0 Å². The van der Waals surface area contributed by atoms with Gasteiger partial charge >= 0.3 is 0 Å². The molecule has 1 aromatic carbocycles. The van der Waals surface area contributed by atoms with E-state index in [1.807, 2.05) is 0 Å². The van der Waals surface area contributed by atoms with E-state index in [1.165, 1.54) is 17.5 Å². The lowest BCUT2D eigenvalue weighted by molar-refractivity contribution is 0.457. The SMILES string of the molecule is CCC(c1ccc(C)cc1)C(C)CN. The molecule has 0 bridgehead atoms. The van der Waals surface area contributed by atoms with Gasteiger partial charge in [0, 0.05) is 0 Å². The molecule has 0 heterocycles. The zero-order chi connectivity index (χ0) is 10.6. The van der Waals surface area contributed by atoms with Crippen molar-refractivity contribution in [2.75, 3.05) is 6.54 Å². The molecule has 0 saturated carbocycles. The number of hydrogen-bond donors (Lipinski definition) is 1. The van der Waals surface area contributed by atoms with Crippen LogP contribution < -0.4 is 5.73 Å². The molecule has 0 aliphatic carbocycles. The van der Waals surface area contributed by atoms with Crippen LogP contribution >= 0.6 is 0 Å². The highest BCUT2D eigenvalue weighted by atomic mass is 14.5. The van der Waals surface area contributed by atoms with Crippen molar-refractivity contribution in [3.63, 3.8) is 0 Å². The fourth-order valence-corrected chi connectivity index (χ4v) is 1.94. The van der Waals surface area contributed by atoms with Crippen LogP contribution in [0.2, 0.25) is 0 Å². The summed E-state index contributed by atoms with van der Waals surface area (Å²) in [7, 11) is 0. The van der Waals surface area contributed by atoms with Crippen molar-refractivity contribution >= 4 is 0 Å². The molecule has 0 aliphatic rings. The van der Waals surface area contributed by atoms with E-state index in [1.54, 1.807) is 0 Å². The van der Waals surface area contributed by atoms with E-state index in [2.05, 4.69) is 45.0 Å². The minimum Gasteiger partial charge on any atom is -0.330 e. The molecule has 0 saturated heterocycles. The number of aryl methyl sites for hydroxylation is 1. The van der Waals surface area contributed by atoms with Gasteiger partial charge in [-0.1, -0.05) is 43.7 Å². The minimum atomic E-state index is 0.572. The Morgan fingerprint density at radius 3 is 2.21 bits per heavy atom. The average molecular weight is 191 g/mol. The van der Waals surface area contributed by atoms with Crippen LogP contribution in [0.4, 0.5) is 0 Å². The zero-order valence-electron chi connectivity index (χ0n) is 9.46. The molecular formula is C13H21N. The maximum atomic E-state index is 5.72. The molecule has 1 aromatic rings. The first kappa shape index (κ1) is 11.3. The average Bonchev–Trinajstić information content (AvgIpc) is 2.21. The number of hydrogen-bond acceptors (Lipinski definition) is 1. The number of nitrogens with two attached hydrogens (primary N) is 1. The predicted octanol–water partition coefficient (Wildman–Crippen LogP) is 3.08. The molecule has 0 amide bonds.